The van der Waals surface area contributed by atoms with Crippen molar-refractivity contribution < 1.29 is 9.59 Å². The number of carbonyl (C=O) groups is 2. The summed E-state index contributed by atoms with van der Waals surface area (Å²) in [4.78, 5) is 27.0. The van der Waals surface area contributed by atoms with E-state index in [9.17, 15) is 9.59 Å². The molecule has 0 aliphatic carbocycles. The second-order valence-electron chi connectivity index (χ2n) is 8.08. The first-order valence-corrected chi connectivity index (χ1v) is 11.1. The van der Waals surface area contributed by atoms with Crippen LogP contribution in [-0.2, 0) is 17.6 Å². The van der Waals surface area contributed by atoms with Gasteiger partial charge in [0.15, 0.2) is 5.78 Å². The summed E-state index contributed by atoms with van der Waals surface area (Å²) in [5, 5.41) is 4.12. The summed E-state index contributed by atoms with van der Waals surface area (Å²) in [5.74, 6) is 0.252. The number of hydrogen-bond donors (Lipinski definition) is 1. The molecule has 1 fully saturated rings. The summed E-state index contributed by atoms with van der Waals surface area (Å²) >= 11 is 5.97. The van der Waals surface area contributed by atoms with E-state index in [-0.39, 0.29) is 11.7 Å². The number of carbonyl (C=O) groups excluding carboxylic acids is 2. The fourth-order valence-electron chi connectivity index (χ4n) is 4.34. The number of piperidine rings is 1. The van der Waals surface area contributed by atoms with Crippen LogP contribution >= 0.6 is 11.6 Å². The minimum Gasteiger partial charge on any atom is -0.339 e. The molecule has 0 unspecified atom stereocenters. The molecule has 2 aliphatic heterocycles. The molecule has 0 bridgehead atoms. The second kappa shape index (κ2) is 9.59. The molecule has 156 valence electrons. The van der Waals surface area contributed by atoms with Crippen LogP contribution in [0.3, 0.4) is 0 Å². The van der Waals surface area contributed by atoms with Crippen LogP contribution in [0, 0.1) is 0 Å². The van der Waals surface area contributed by atoms with Crippen molar-refractivity contribution in [3.8, 4) is 0 Å². The van der Waals surface area contributed by atoms with E-state index in [2.05, 4.69) is 17.4 Å². The van der Waals surface area contributed by atoms with Crippen molar-refractivity contribution in [2.75, 3.05) is 26.2 Å². The zero-order valence-corrected chi connectivity index (χ0v) is 17.8. The predicted molar refractivity (Wildman–Crippen MR) is 120 cm³/mol. The van der Waals surface area contributed by atoms with Crippen molar-refractivity contribution in [1.29, 1.82) is 0 Å². The van der Waals surface area contributed by atoms with Gasteiger partial charge in [-0.25, -0.2) is 0 Å². The first-order chi connectivity index (χ1) is 14.6. The summed E-state index contributed by atoms with van der Waals surface area (Å²) in [6.07, 6.45) is 6.62. The molecule has 1 amide bonds. The standard InChI is InChI=1S/C25H27ClN2O2/c26-23-5-3-18(4-6-23)20-11-15-28(16-12-20)25(30)8-7-24(29)22-2-1-19-9-13-27-14-10-21(19)17-22/h1-8,17,20,27H,9-16H2. The lowest BCUT2D eigenvalue weighted by Crippen LogP contribution is -2.37. The maximum atomic E-state index is 12.6. The largest absolute Gasteiger partial charge is 0.339 e. The van der Waals surface area contributed by atoms with Gasteiger partial charge < -0.3 is 10.2 Å². The summed E-state index contributed by atoms with van der Waals surface area (Å²) in [5.41, 5.74) is 4.46. The Bertz CT molecular complexity index is 944. The first kappa shape index (κ1) is 20.8. The van der Waals surface area contributed by atoms with Crippen LogP contribution in [0.2, 0.25) is 5.02 Å². The van der Waals surface area contributed by atoms with Crippen molar-refractivity contribution in [2.24, 2.45) is 0 Å². The summed E-state index contributed by atoms with van der Waals surface area (Å²) < 4.78 is 0. The Morgan fingerprint density at radius 3 is 2.37 bits per heavy atom. The molecule has 2 heterocycles. The maximum Gasteiger partial charge on any atom is 0.246 e. The van der Waals surface area contributed by atoms with Crippen LogP contribution in [-0.4, -0.2) is 42.8 Å². The van der Waals surface area contributed by atoms with Crippen molar-refractivity contribution in [1.82, 2.24) is 10.2 Å². The van der Waals surface area contributed by atoms with Crippen molar-refractivity contribution in [3.63, 3.8) is 0 Å². The Kier molecular flexibility index (Phi) is 6.66. The molecular formula is C25H27ClN2O2. The van der Waals surface area contributed by atoms with Gasteiger partial charge in [-0.2, -0.15) is 0 Å². The van der Waals surface area contributed by atoms with Crippen molar-refractivity contribution in [3.05, 3.63) is 81.9 Å². The van der Waals surface area contributed by atoms with Gasteiger partial charge in [0.25, 0.3) is 0 Å². The van der Waals surface area contributed by atoms with E-state index < -0.39 is 0 Å². The minimum absolute atomic E-state index is 0.0862. The topological polar surface area (TPSA) is 49.4 Å². The molecule has 30 heavy (non-hydrogen) atoms. The Morgan fingerprint density at radius 1 is 0.933 bits per heavy atom. The van der Waals surface area contributed by atoms with Gasteiger partial charge in [0.2, 0.25) is 5.91 Å². The van der Waals surface area contributed by atoms with E-state index in [4.69, 9.17) is 11.6 Å². The quantitative estimate of drug-likeness (QED) is 0.594. The highest BCUT2D eigenvalue weighted by Crippen LogP contribution is 2.29. The molecule has 1 saturated heterocycles. The lowest BCUT2D eigenvalue weighted by Gasteiger charge is -2.31. The van der Waals surface area contributed by atoms with Crippen LogP contribution < -0.4 is 5.32 Å². The SMILES string of the molecule is O=C(C=CC(=O)N1CCC(c2ccc(Cl)cc2)CC1)c1ccc2c(c1)CCNCC2. The van der Waals surface area contributed by atoms with Crippen LogP contribution in [0.25, 0.3) is 0 Å². The number of benzene rings is 2. The van der Waals surface area contributed by atoms with Gasteiger partial charge in [0.05, 0.1) is 0 Å². The molecule has 4 nitrogen and oxygen atoms in total. The predicted octanol–water partition coefficient (Wildman–Crippen LogP) is 4.17. The highest BCUT2D eigenvalue weighted by Gasteiger charge is 2.23. The smallest absolute Gasteiger partial charge is 0.246 e. The van der Waals surface area contributed by atoms with Gasteiger partial charge in [0, 0.05) is 29.8 Å². The molecule has 2 aromatic rings. The van der Waals surface area contributed by atoms with Crippen LogP contribution in [0.4, 0.5) is 0 Å². The third-order valence-corrected chi connectivity index (χ3v) is 6.41. The normalized spacial score (nSPS) is 17.6. The number of halogens is 1. The number of allylic oxidation sites excluding steroid dienone is 1. The van der Waals surface area contributed by atoms with E-state index in [0.717, 1.165) is 43.8 Å². The van der Waals surface area contributed by atoms with Gasteiger partial charge in [0.1, 0.15) is 0 Å². The van der Waals surface area contributed by atoms with E-state index in [1.807, 2.05) is 35.2 Å². The number of hydrogen-bond acceptors (Lipinski definition) is 3. The third kappa shape index (κ3) is 5.00. The van der Waals surface area contributed by atoms with E-state index >= 15 is 0 Å². The lowest BCUT2D eigenvalue weighted by molar-refractivity contribution is -0.127. The van der Waals surface area contributed by atoms with E-state index in [0.29, 0.717) is 24.6 Å². The average molecular weight is 423 g/mol. The molecule has 0 saturated carbocycles. The Balaban J connectivity index is 1.33. The molecule has 2 aromatic carbocycles. The number of nitrogens with zero attached hydrogens (tertiary/aromatic N) is 1. The summed E-state index contributed by atoms with van der Waals surface area (Å²) in [7, 11) is 0. The maximum absolute atomic E-state index is 12.6. The monoisotopic (exact) mass is 422 g/mol. The van der Waals surface area contributed by atoms with E-state index in [1.165, 1.54) is 28.8 Å². The second-order valence-corrected chi connectivity index (χ2v) is 8.52. The first-order valence-electron chi connectivity index (χ1n) is 10.7. The van der Waals surface area contributed by atoms with Crippen molar-refractivity contribution >= 4 is 23.3 Å². The number of amides is 1. The number of ketones is 1. The molecular weight excluding hydrogens is 396 g/mol. The molecule has 5 heteroatoms. The van der Waals surface area contributed by atoms with E-state index in [1.54, 1.807) is 0 Å². The highest BCUT2D eigenvalue weighted by atomic mass is 35.5. The number of nitrogens with one attached hydrogen (secondary N) is 1. The minimum atomic E-state index is -0.112. The number of likely N-dealkylation sites (tertiary alicyclic amines) is 1. The Morgan fingerprint density at radius 2 is 1.63 bits per heavy atom. The lowest BCUT2D eigenvalue weighted by atomic mass is 9.89. The van der Waals surface area contributed by atoms with Crippen LogP contribution in [0.15, 0.2) is 54.6 Å². The zero-order chi connectivity index (χ0) is 20.9. The van der Waals surface area contributed by atoms with Crippen LogP contribution in [0.5, 0.6) is 0 Å². The zero-order valence-electron chi connectivity index (χ0n) is 17.1. The van der Waals surface area contributed by atoms with Gasteiger partial charge in [-0.05, 0) is 85.7 Å². The van der Waals surface area contributed by atoms with Crippen LogP contribution in [0.1, 0.15) is 45.8 Å². The third-order valence-electron chi connectivity index (χ3n) is 6.16. The molecule has 1 N–H and O–H groups in total. The molecule has 4 rings (SSSR count). The molecule has 0 spiro atoms. The fraction of sp³-hybridized carbons (Fsp3) is 0.360. The van der Waals surface area contributed by atoms with Gasteiger partial charge >= 0.3 is 0 Å². The Labute approximate surface area is 182 Å². The number of rotatable bonds is 4. The molecule has 0 radical (unpaired) electrons. The van der Waals surface area contributed by atoms with Gasteiger partial charge in [-0.15, -0.1) is 0 Å². The molecule has 2 aliphatic rings. The molecule has 0 aromatic heterocycles. The fourth-order valence-corrected chi connectivity index (χ4v) is 4.47. The van der Waals surface area contributed by atoms with Crippen molar-refractivity contribution in [2.45, 2.75) is 31.6 Å². The summed E-state index contributed by atoms with van der Waals surface area (Å²) in [6.45, 7) is 3.32. The highest BCUT2D eigenvalue weighted by molar-refractivity contribution is 6.30. The number of fused-ring (bicyclic) bond motifs is 1. The Hall–Kier alpha value is -2.43. The van der Waals surface area contributed by atoms with Gasteiger partial charge in [-0.3, -0.25) is 9.59 Å². The molecule has 0 atom stereocenters. The van der Waals surface area contributed by atoms with Gasteiger partial charge in [-0.1, -0.05) is 35.9 Å². The average Bonchev–Trinajstić information content (AvgIpc) is 3.03. The summed E-state index contributed by atoms with van der Waals surface area (Å²) in [6, 6.07) is 13.9.